The van der Waals surface area contributed by atoms with E-state index in [1.165, 1.54) is 13.0 Å². The molecule has 8 heteroatoms. The second-order valence-electron chi connectivity index (χ2n) is 4.78. The Labute approximate surface area is 125 Å². The van der Waals surface area contributed by atoms with Gasteiger partial charge in [-0.1, -0.05) is 23.5 Å². The van der Waals surface area contributed by atoms with E-state index in [2.05, 4.69) is 9.71 Å². The maximum absolute atomic E-state index is 13.5. The van der Waals surface area contributed by atoms with E-state index in [9.17, 15) is 17.6 Å². The van der Waals surface area contributed by atoms with E-state index in [-0.39, 0.29) is 10.0 Å². The lowest BCUT2D eigenvalue weighted by Gasteiger charge is -2.14. The fraction of sp³-hybridized carbons (Fsp3) is 0.308. The minimum absolute atomic E-state index is 0.0491. The Balaban J connectivity index is 2.29. The van der Waals surface area contributed by atoms with Crippen molar-refractivity contribution < 1.29 is 12.8 Å². The Morgan fingerprint density at radius 3 is 2.52 bits per heavy atom. The summed E-state index contributed by atoms with van der Waals surface area (Å²) < 4.78 is 40.4. The predicted octanol–water partition coefficient (Wildman–Crippen LogP) is 2.23. The number of sulfonamides is 1. The second kappa shape index (κ2) is 5.70. The average molecular weight is 330 g/mol. The molecule has 2 aromatic rings. The molecule has 0 aliphatic heterocycles. The molecule has 1 heterocycles. The molecule has 0 saturated heterocycles. The number of nitrogens with one attached hydrogen (secondary N) is 2. The largest absolute Gasteiger partial charge is 0.315 e. The molecule has 1 aromatic carbocycles. The predicted molar refractivity (Wildman–Crippen MR) is 79.6 cm³/mol. The van der Waals surface area contributed by atoms with Gasteiger partial charge in [0.05, 0.1) is 0 Å². The number of aryl methyl sites for hydroxylation is 2. The third-order valence-electron chi connectivity index (χ3n) is 3.05. The number of hydrogen-bond donors (Lipinski definition) is 2. The number of H-pyrrole nitrogens is 1. The summed E-state index contributed by atoms with van der Waals surface area (Å²) >= 11 is 0.628. The van der Waals surface area contributed by atoms with Crippen LogP contribution in [0.3, 0.4) is 0 Å². The van der Waals surface area contributed by atoms with Gasteiger partial charge in [-0.05, 0) is 38.0 Å². The van der Waals surface area contributed by atoms with E-state index < -0.39 is 20.9 Å². The summed E-state index contributed by atoms with van der Waals surface area (Å²) in [5, 5.41) is 0. The van der Waals surface area contributed by atoms with Gasteiger partial charge >= 0.3 is 4.87 Å². The van der Waals surface area contributed by atoms with Crippen LogP contribution in [-0.4, -0.2) is 13.4 Å². The van der Waals surface area contributed by atoms with Gasteiger partial charge in [0.25, 0.3) is 10.0 Å². The van der Waals surface area contributed by atoms with Crippen LogP contribution in [0.25, 0.3) is 0 Å². The highest BCUT2D eigenvalue weighted by Crippen LogP contribution is 2.21. The lowest BCUT2D eigenvalue weighted by Crippen LogP contribution is -2.26. The molecule has 2 rings (SSSR count). The zero-order valence-corrected chi connectivity index (χ0v) is 13.4. The Kier molecular flexibility index (Phi) is 4.31. The van der Waals surface area contributed by atoms with Crippen molar-refractivity contribution in [3.8, 4) is 0 Å². The lowest BCUT2D eigenvalue weighted by atomic mass is 10.1. The van der Waals surface area contributed by atoms with Crippen molar-refractivity contribution >= 4 is 21.4 Å². The van der Waals surface area contributed by atoms with Gasteiger partial charge in [0.1, 0.15) is 5.82 Å². The molecular weight excluding hydrogens is 315 g/mol. The Bertz CT molecular complexity index is 824. The number of halogens is 1. The molecule has 5 nitrogen and oxygen atoms in total. The molecule has 1 unspecified atom stereocenters. The van der Waals surface area contributed by atoms with Crippen molar-refractivity contribution in [2.75, 3.05) is 0 Å². The maximum atomic E-state index is 13.5. The van der Waals surface area contributed by atoms with Crippen LogP contribution in [0.15, 0.2) is 27.2 Å². The van der Waals surface area contributed by atoms with Gasteiger partial charge in [-0.25, -0.2) is 17.5 Å². The molecule has 114 valence electrons. The Hall–Kier alpha value is -1.51. The van der Waals surface area contributed by atoms with Crippen molar-refractivity contribution in [1.29, 1.82) is 0 Å². The van der Waals surface area contributed by atoms with Gasteiger partial charge < -0.3 is 4.98 Å². The molecule has 0 spiro atoms. The smallest absolute Gasteiger partial charge is 0.305 e. The van der Waals surface area contributed by atoms with Gasteiger partial charge in [-0.3, -0.25) is 4.79 Å². The van der Waals surface area contributed by atoms with Gasteiger partial charge in [0.2, 0.25) is 0 Å². The zero-order chi connectivity index (χ0) is 15.8. The van der Waals surface area contributed by atoms with Gasteiger partial charge in [0, 0.05) is 11.7 Å². The van der Waals surface area contributed by atoms with E-state index >= 15 is 0 Å². The fourth-order valence-electron chi connectivity index (χ4n) is 1.88. The van der Waals surface area contributed by atoms with Crippen LogP contribution in [0.2, 0.25) is 0 Å². The highest BCUT2D eigenvalue weighted by molar-refractivity contribution is 7.91. The quantitative estimate of drug-likeness (QED) is 0.902. The summed E-state index contributed by atoms with van der Waals surface area (Å²) in [6, 6.07) is 3.95. The van der Waals surface area contributed by atoms with Gasteiger partial charge in [-0.2, -0.15) is 0 Å². The minimum Gasteiger partial charge on any atom is -0.315 e. The van der Waals surface area contributed by atoms with Crippen LogP contribution in [0, 0.1) is 19.7 Å². The Morgan fingerprint density at radius 1 is 1.33 bits per heavy atom. The van der Waals surface area contributed by atoms with Crippen LogP contribution in [0.1, 0.15) is 29.8 Å². The lowest BCUT2D eigenvalue weighted by molar-refractivity contribution is 0.565. The fourth-order valence-corrected chi connectivity index (χ4v) is 4.43. The highest BCUT2D eigenvalue weighted by Gasteiger charge is 2.23. The monoisotopic (exact) mass is 330 g/mol. The van der Waals surface area contributed by atoms with E-state index in [4.69, 9.17) is 0 Å². The molecule has 0 amide bonds. The molecule has 2 N–H and O–H groups in total. The Morgan fingerprint density at radius 2 is 2.00 bits per heavy atom. The van der Waals surface area contributed by atoms with Crippen molar-refractivity contribution in [3.63, 3.8) is 0 Å². The molecule has 1 atom stereocenters. The first-order valence-electron chi connectivity index (χ1n) is 6.19. The van der Waals surface area contributed by atoms with E-state index in [0.29, 0.717) is 28.2 Å². The molecule has 1 aromatic heterocycles. The topological polar surface area (TPSA) is 79.0 Å². The third kappa shape index (κ3) is 3.39. The third-order valence-corrected chi connectivity index (χ3v) is 6.20. The summed E-state index contributed by atoms with van der Waals surface area (Å²) in [7, 11) is -3.83. The number of aromatic nitrogens is 1. The first-order chi connectivity index (χ1) is 9.70. The summed E-state index contributed by atoms with van der Waals surface area (Å²) in [6.45, 7) is 4.77. The minimum atomic E-state index is -3.83. The van der Waals surface area contributed by atoms with Gasteiger partial charge in [-0.15, -0.1) is 0 Å². The summed E-state index contributed by atoms with van der Waals surface area (Å²) in [5.74, 6) is -0.388. The molecule has 21 heavy (non-hydrogen) atoms. The van der Waals surface area contributed by atoms with Crippen molar-refractivity contribution in [1.82, 2.24) is 9.71 Å². The molecule has 0 bridgehead atoms. The van der Waals surface area contributed by atoms with Crippen molar-refractivity contribution in [2.24, 2.45) is 0 Å². The van der Waals surface area contributed by atoms with Crippen LogP contribution in [-0.2, 0) is 10.0 Å². The summed E-state index contributed by atoms with van der Waals surface area (Å²) in [4.78, 5) is 13.2. The molecule has 0 radical (unpaired) electrons. The molecule has 0 saturated carbocycles. The molecule has 0 aliphatic rings. The van der Waals surface area contributed by atoms with Crippen LogP contribution < -0.4 is 9.60 Å². The molecular formula is C13H15FN2O3S2. The standard InChI is InChI=1S/C13H15FN2O3S2/c1-7-4-5-10(6-11(7)14)8(2)16-21(18,19)12-9(3)15-13(17)20-12/h4-6,8,16H,1-3H3,(H,15,17). The van der Waals surface area contributed by atoms with Crippen LogP contribution in [0.4, 0.5) is 4.39 Å². The van der Waals surface area contributed by atoms with Crippen LogP contribution >= 0.6 is 11.3 Å². The van der Waals surface area contributed by atoms with Gasteiger partial charge in [0.15, 0.2) is 4.21 Å². The van der Waals surface area contributed by atoms with E-state index in [0.717, 1.165) is 0 Å². The first-order valence-corrected chi connectivity index (χ1v) is 8.49. The van der Waals surface area contributed by atoms with Crippen LogP contribution in [0.5, 0.6) is 0 Å². The average Bonchev–Trinajstić information content (AvgIpc) is 2.72. The molecule has 0 aliphatic carbocycles. The number of hydrogen-bond acceptors (Lipinski definition) is 4. The number of benzene rings is 1. The highest BCUT2D eigenvalue weighted by atomic mass is 32.2. The maximum Gasteiger partial charge on any atom is 0.305 e. The van der Waals surface area contributed by atoms with E-state index in [1.54, 1.807) is 26.0 Å². The number of rotatable bonds is 4. The second-order valence-corrected chi connectivity index (χ2v) is 7.67. The van der Waals surface area contributed by atoms with E-state index in [1.807, 2.05) is 0 Å². The zero-order valence-electron chi connectivity index (χ0n) is 11.7. The summed E-state index contributed by atoms with van der Waals surface area (Å²) in [6.07, 6.45) is 0. The van der Waals surface area contributed by atoms with Crippen molar-refractivity contribution in [2.45, 2.75) is 31.0 Å². The first kappa shape index (κ1) is 15.9. The summed E-state index contributed by atoms with van der Waals surface area (Å²) in [5.41, 5.74) is 1.30. The molecule has 0 fully saturated rings. The van der Waals surface area contributed by atoms with Crippen molar-refractivity contribution in [3.05, 3.63) is 50.5 Å². The number of thiazole rings is 1. The number of aromatic amines is 1. The normalized spacial score (nSPS) is 13.3. The SMILES string of the molecule is Cc1ccc(C(C)NS(=O)(=O)c2sc(=O)[nH]c2C)cc1F.